The molecule has 2 saturated carbocycles. The maximum atomic E-state index is 12.6. The first-order valence-corrected chi connectivity index (χ1v) is 7.81. The van der Waals surface area contributed by atoms with Crippen molar-refractivity contribution in [3.05, 3.63) is 0 Å². The topological polar surface area (TPSA) is 55.4 Å². The minimum atomic E-state index is -0.720. The van der Waals surface area contributed by atoms with Crippen molar-refractivity contribution in [2.45, 2.75) is 59.4 Å². The first-order valence-electron chi connectivity index (χ1n) is 7.81. The second kappa shape index (κ2) is 5.74. The SMILES string of the molecule is CCOC(=O)C(C(=O)NC(C1CC1)C1CC1)C(C)(C)C. The Hall–Kier alpha value is -1.06. The van der Waals surface area contributed by atoms with Gasteiger partial charge in [-0.05, 0) is 49.9 Å². The molecule has 0 aromatic carbocycles. The molecule has 4 heteroatoms. The highest BCUT2D eigenvalue weighted by molar-refractivity contribution is 5.98. The molecule has 0 saturated heterocycles. The Bertz CT molecular complexity index is 366. The van der Waals surface area contributed by atoms with Crippen LogP contribution in [0.4, 0.5) is 0 Å². The van der Waals surface area contributed by atoms with Gasteiger partial charge in [-0.15, -0.1) is 0 Å². The number of nitrogens with one attached hydrogen (secondary N) is 1. The predicted molar refractivity (Wildman–Crippen MR) is 77.0 cm³/mol. The molecule has 2 fully saturated rings. The molecule has 0 heterocycles. The van der Waals surface area contributed by atoms with Gasteiger partial charge in [-0.25, -0.2) is 0 Å². The number of esters is 1. The molecule has 4 nitrogen and oxygen atoms in total. The third kappa shape index (κ3) is 3.74. The Morgan fingerprint density at radius 2 is 1.65 bits per heavy atom. The summed E-state index contributed by atoms with van der Waals surface area (Å²) in [6.07, 6.45) is 4.84. The van der Waals surface area contributed by atoms with E-state index in [4.69, 9.17) is 4.74 Å². The van der Waals surface area contributed by atoms with Gasteiger partial charge < -0.3 is 10.1 Å². The van der Waals surface area contributed by atoms with Gasteiger partial charge >= 0.3 is 5.97 Å². The summed E-state index contributed by atoms with van der Waals surface area (Å²) in [7, 11) is 0. The van der Waals surface area contributed by atoms with E-state index in [1.54, 1.807) is 6.92 Å². The second-order valence-electron chi connectivity index (χ2n) is 7.26. The van der Waals surface area contributed by atoms with Crippen molar-refractivity contribution in [3.8, 4) is 0 Å². The van der Waals surface area contributed by atoms with E-state index in [0.29, 0.717) is 18.4 Å². The summed E-state index contributed by atoms with van der Waals surface area (Å²) in [5, 5.41) is 3.15. The van der Waals surface area contributed by atoms with Gasteiger partial charge in [-0.1, -0.05) is 20.8 Å². The lowest BCUT2D eigenvalue weighted by atomic mass is 9.80. The lowest BCUT2D eigenvalue weighted by Gasteiger charge is -2.29. The van der Waals surface area contributed by atoms with Crippen molar-refractivity contribution in [1.82, 2.24) is 5.32 Å². The van der Waals surface area contributed by atoms with Gasteiger partial charge in [0.15, 0.2) is 0 Å². The quantitative estimate of drug-likeness (QED) is 0.601. The van der Waals surface area contributed by atoms with Crippen LogP contribution in [0.5, 0.6) is 0 Å². The Morgan fingerprint density at radius 3 is 2.00 bits per heavy atom. The van der Waals surface area contributed by atoms with E-state index in [2.05, 4.69) is 5.32 Å². The van der Waals surface area contributed by atoms with E-state index in [1.165, 1.54) is 25.7 Å². The zero-order valence-corrected chi connectivity index (χ0v) is 13.1. The standard InChI is InChI=1S/C16H27NO3/c1-5-20-15(19)12(16(2,3)4)14(18)17-13(10-6-7-10)11-8-9-11/h10-13H,5-9H2,1-4H3,(H,17,18). The van der Waals surface area contributed by atoms with Gasteiger partial charge in [0.05, 0.1) is 6.61 Å². The van der Waals surface area contributed by atoms with E-state index in [-0.39, 0.29) is 11.9 Å². The van der Waals surface area contributed by atoms with E-state index in [0.717, 1.165) is 0 Å². The van der Waals surface area contributed by atoms with Crippen molar-refractivity contribution in [1.29, 1.82) is 0 Å². The highest BCUT2D eigenvalue weighted by Gasteiger charge is 2.45. The summed E-state index contributed by atoms with van der Waals surface area (Å²) in [5.41, 5.74) is -0.423. The van der Waals surface area contributed by atoms with Gasteiger partial charge in [0.1, 0.15) is 5.92 Å². The van der Waals surface area contributed by atoms with Crippen molar-refractivity contribution >= 4 is 11.9 Å². The van der Waals surface area contributed by atoms with Crippen molar-refractivity contribution in [2.75, 3.05) is 6.61 Å². The Kier molecular flexibility index (Phi) is 4.40. The second-order valence-corrected chi connectivity index (χ2v) is 7.26. The zero-order chi connectivity index (χ0) is 14.9. The number of carbonyl (C=O) groups is 2. The van der Waals surface area contributed by atoms with E-state index >= 15 is 0 Å². The van der Waals surface area contributed by atoms with E-state index in [9.17, 15) is 9.59 Å². The Morgan fingerprint density at radius 1 is 1.15 bits per heavy atom. The summed E-state index contributed by atoms with van der Waals surface area (Å²) >= 11 is 0. The molecule has 20 heavy (non-hydrogen) atoms. The van der Waals surface area contributed by atoms with E-state index < -0.39 is 17.3 Å². The van der Waals surface area contributed by atoms with E-state index in [1.807, 2.05) is 20.8 Å². The number of rotatable bonds is 6. The molecule has 0 radical (unpaired) electrons. The van der Waals surface area contributed by atoms with Gasteiger partial charge in [0.25, 0.3) is 0 Å². The van der Waals surface area contributed by atoms with Gasteiger partial charge in [0, 0.05) is 6.04 Å². The average molecular weight is 281 g/mol. The number of carbonyl (C=O) groups excluding carboxylic acids is 2. The monoisotopic (exact) mass is 281 g/mol. The fourth-order valence-corrected chi connectivity index (χ4v) is 2.86. The Balaban J connectivity index is 2.03. The molecule has 0 aliphatic heterocycles. The van der Waals surface area contributed by atoms with Gasteiger partial charge in [-0.3, -0.25) is 9.59 Å². The van der Waals surface area contributed by atoms with Crippen molar-refractivity contribution < 1.29 is 14.3 Å². The van der Waals surface area contributed by atoms with Crippen LogP contribution >= 0.6 is 0 Å². The fraction of sp³-hybridized carbons (Fsp3) is 0.875. The van der Waals surface area contributed by atoms with Crippen LogP contribution in [-0.4, -0.2) is 24.5 Å². The number of hydrogen-bond acceptors (Lipinski definition) is 3. The van der Waals surface area contributed by atoms with Crippen molar-refractivity contribution in [3.63, 3.8) is 0 Å². The Labute approximate surface area is 121 Å². The molecule has 1 amide bonds. The van der Waals surface area contributed by atoms with Crippen LogP contribution in [0.1, 0.15) is 53.4 Å². The molecule has 1 unspecified atom stereocenters. The van der Waals surface area contributed by atoms with Crippen LogP contribution in [0.25, 0.3) is 0 Å². The highest BCUT2D eigenvalue weighted by Crippen LogP contribution is 2.44. The van der Waals surface area contributed by atoms with Crippen LogP contribution in [0.2, 0.25) is 0 Å². The highest BCUT2D eigenvalue weighted by atomic mass is 16.5. The predicted octanol–water partition coefficient (Wildman–Crippen LogP) is 2.52. The molecule has 0 aromatic rings. The third-order valence-electron chi connectivity index (χ3n) is 4.22. The minimum Gasteiger partial charge on any atom is -0.465 e. The molecule has 0 aromatic heterocycles. The zero-order valence-electron chi connectivity index (χ0n) is 13.1. The minimum absolute atomic E-state index is 0.153. The first kappa shape index (κ1) is 15.3. The maximum absolute atomic E-state index is 12.6. The summed E-state index contributed by atoms with van der Waals surface area (Å²) in [6, 6.07) is 0.279. The number of hydrogen-bond donors (Lipinski definition) is 1. The summed E-state index contributed by atoms with van der Waals surface area (Å²) < 4.78 is 5.09. The molecule has 0 spiro atoms. The molecular formula is C16H27NO3. The van der Waals surface area contributed by atoms with Gasteiger partial charge in [-0.2, -0.15) is 0 Å². The molecule has 1 atom stereocenters. The molecule has 114 valence electrons. The maximum Gasteiger partial charge on any atom is 0.319 e. The third-order valence-corrected chi connectivity index (χ3v) is 4.22. The van der Waals surface area contributed by atoms with Crippen LogP contribution < -0.4 is 5.32 Å². The molecular weight excluding hydrogens is 254 g/mol. The van der Waals surface area contributed by atoms with Crippen LogP contribution in [0.3, 0.4) is 0 Å². The van der Waals surface area contributed by atoms with Gasteiger partial charge in [0.2, 0.25) is 5.91 Å². The largest absolute Gasteiger partial charge is 0.465 e. The van der Waals surface area contributed by atoms with Crippen LogP contribution in [0.15, 0.2) is 0 Å². The molecule has 0 bridgehead atoms. The van der Waals surface area contributed by atoms with Crippen molar-refractivity contribution in [2.24, 2.45) is 23.2 Å². The summed E-state index contributed by atoms with van der Waals surface area (Å²) in [5.74, 6) is -0.00595. The normalized spacial score (nSPS) is 20.6. The number of ether oxygens (including phenoxy) is 1. The molecule has 1 N–H and O–H groups in total. The lowest BCUT2D eigenvalue weighted by molar-refractivity contribution is -0.157. The lowest BCUT2D eigenvalue weighted by Crippen LogP contribution is -2.48. The fourth-order valence-electron chi connectivity index (χ4n) is 2.86. The smallest absolute Gasteiger partial charge is 0.319 e. The average Bonchev–Trinajstić information content (AvgIpc) is 3.17. The van der Waals surface area contributed by atoms with Crippen LogP contribution in [0, 0.1) is 23.2 Å². The number of amides is 1. The summed E-state index contributed by atoms with van der Waals surface area (Å²) in [6.45, 7) is 7.83. The molecule has 2 aliphatic carbocycles. The first-order chi connectivity index (χ1) is 9.34. The molecule has 2 rings (SSSR count). The molecule has 2 aliphatic rings. The summed E-state index contributed by atoms with van der Waals surface area (Å²) in [4.78, 5) is 24.7. The van der Waals surface area contributed by atoms with Crippen LogP contribution in [-0.2, 0) is 14.3 Å².